The summed E-state index contributed by atoms with van der Waals surface area (Å²) in [6.45, 7) is 7.13. The first-order valence-corrected chi connectivity index (χ1v) is 9.93. The summed E-state index contributed by atoms with van der Waals surface area (Å²) in [7, 11) is 1.88. The van der Waals surface area contributed by atoms with E-state index in [1.807, 2.05) is 35.6 Å². The van der Waals surface area contributed by atoms with Crippen molar-refractivity contribution in [3.05, 3.63) is 48.0 Å². The van der Waals surface area contributed by atoms with Gasteiger partial charge >= 0.3 is 0 Å². The first-order valence-electron chi connectivity index (χ1n) is 9.93. The molecule has 1 aromatic heterocycles. The molecule has 1 aromatic carbocycles. The zero-order valence-electron chi connectivity index (χ0n) is 16.6. The maximum Gasteiger partial charge on any atom is 0.274 e. The summed E-state index contributed by atoms with van der Waals surface area (Å²) in [6, 6.07) is 8.45. The van der Waals surface area contributed by atoms with Crippen molar-refractivity contribution in [1.29, 1.82) is 0 Å². The molecule has 4 rings (SSSR count). The highest BCUT2D eigenvalue weighted by Gasteiger charge is 2.35. The normalized spacial score (nSPS) is 22.7. The van der Waals surface area contributed by atoms with Crippen LogP contribution in [-0.4, -0.2) is 70.8 Å². The van der Waals surface area contributed by atoms with Gasteiger partial charge in [-0.1, -0.05) is 12.1 Å². The zero-order chi connectivity index (χ0) is 19.5. The van der Waals surface area contributed by atoms with Crippen molar-refractivity contribution < 1.29 is 14.3 Å². The molecule has 2 aliphatic heterocycles. The van der Waals surface area contributed by atoms with Crippen molar-refractivity contribution in [2.45, 2.75) is 19.5 Å². The van der Waals surface area contributed by atoms with Crippen molar-refractivity contribution in [2.24, 2.45) is 13.0 Å². The highest BCUT2D eigenvalue weighted by atomic mass is 16.5. The van der Waals surface area contributed by atoms with Crippen LogP contribution in [0.4, 0.5) is 0 Å². The summed E-state index contributed by atoms with van der Waals surface area (Å²) in [4.78, 5) is 21.6. The lowest BCUT2D eigenvalue weighted by molar-refractivity contribution is 0.0403. The van der Waals surface area contributed by atoms with E-state index in [2.05, 4.69) is 22.0 Å². The largest absolute Gasteiger partial charge is 0.494 e. The topological polar surface area (TPSA) is 59.8 Å². The molecule has 2 atom stereocenters. The molecule has 0 radical (unpaired) electrons. The molecule has 2 bridgehead atoms. The highest BCUT2D eigenvalue weighted by molar-refractivity contribution is 5.92. The fourth-order valence-electron chi connectivity index (χ4n) is 4.11. The Morgan fingerprint density at radius 1 is 1.29 bits per heavy atom. The minimum Gasteiger partial charge on any atom is -0.494 e. The first kappa shape index (κ1) is 19.0. The number of fused-ring (bicyclic) bond motifs is 3. The number of nitrogens with zero attached hydrogens (tertiary/aromatic N) is 4. The smallest absolute Gasteiger partial charge is 0.274 e. The number of imidazole rings is 1. The van der Waals surface area contributed by atoms with Crippen LogP contribution in [0.3, 0.4) is 0 Å². The summed E-state index contributed by atoms with van der Waals surface area (Å²) >= 11 is 0. The molecule has 2 saturated heterocycles. The van der Waals surface area contributed by atoms with Gasteiger partial charge in [0.2, 0.25) is 0 Å². The van der Waals surface area contributed by atoms with Crippen LogP contribution in [0.2, 0.25) is 0 Å². The number of amides is 1. The number of rotatable bonds is 5. The number of hydrogen-bond donors (Lipinski definition) is 0. The van der Waals surface area contributed by atoms with Crippen LogP contribution in [0, 0.1) is 5.92 Å². The van der Waals surface area contributed by atoms with Crippen LogP contribution >= 0.6 is 0 Å². The maximum atomic E-state index is 13.0. The second-order valence-electron chi connectivity index (χ2n) is 7.70. The van der Waals surface area contributed by atoms with Gasteiger partial charge in [-0.3, -0.25) is 9.69 Å². The van der Waals surface area contributed by atoms with Crippen LogP contribution in [0.25, 0.3) is 0 Å². The number of aromatic nitrogens is 2. The number of carbonyl (C=O) groups is 1. The number of hydrogen-bond acceptors (Lipinski definition) is 5. The molecule has 0 unspecified atom stereocenters. The van der Waals surface area contributed by atoms with E-state index < -0.39 is 0 Å². The lowest BCUT2D eigenvalue weighted by Crippen LogP contribution is -2.45. The summed E-state index contributed by atoms with van der Waals surface area (Å²) < 4.78 is 13.4. The van der Waals surface area contributed by atoms with Crippen molar-refractivity contribution in [2.75, 3.05) is 39.5 Å². The summed E-state index contributed by atoms with van der Waals surface area (Å²) in [5.41, 5.74) is 1.74. The third-order valence-electron chi connectivity index (χ3n) is 5.39. The highest BCUT2D eigenvalue weighted by Crippen LogP contribution is 2.24. The molecule has 7 heteroatoms. The fraction of sp³-hybridized carbons (Fsp3) is 0.524. The molecule has 3 heterocycles. The molecule has 2 fully saturated rings. The Hall–Kier alpha value is -2.38. The van der Waals surface area contributed by atoms with E-state index in [9.17, 15) is 4.79 Å². The molecule has 2 aliphatic rings. The molecule has 0 spiro atoms. The average Bonchev–Trinajstić information content (AvgIpc) is 2.91. The van der Waals surface area contributed by atoms with E-state index in [1.54, 1.807) is 12.5 Å². The lowest BCUT2D eigenvalue weighted by atomic mass is 10.1. The third-order valence-corrected chi connectivity index (χ3v) is 5.39. The van der Waals surface area contributed by atoms with Gasteiger partial charge in [0.1, 0.15) is 11.4 Å². The second kappa shape index (κ2) is 8.32. The van der Waals surface area contributed by atoms with Crippen molar-refractivity contribution in [3.63, 3.8) is 0 Å². The van der Waals surface area contributed by atoms with Gasteiger partial charge in [-0.15, -0.1) is 0 Å². The van der Waals surface area contributed by atoms with Gasteiger partial charge in [-0.25, -0.2) is 4.98 Å². The number of ether oxygens (including phenoxy) is 2. The van der Waals surface area contributed by atoms with E-state index in [1.165, 1.54) is 5.56 Å². The molecular formula is C21H28N4O3. The van der Waals surface area contributed by atoms with Gasteiger partial charge in [0, 0.05) is 45.3 Å². The van der Waals surface area contributed by atoms with Crippen molar-refractivity contribution in [3.8, 4) is 5.75 Å². The zero-order valence-corrected chi connectivity index (χ0v) is 16.6. The molecule has 0 saturated carbocycles. The van der Waals surface area contributed by atoms with Gasteiger partial charge in [0.05, 0.1) is 32.2 Å². The van der Waals surface area contributed by atoms with E-state index in [0.29, 0.717) is 44.5 Å². The molecular weight excluding hydrogens is 356 g/mol. The standard InChI is InChI=1S/C21H28N4O3/c1-3-28-19-6-4-5-16(7-19)8-24-9-17-10-25(11-18(24)14-27-13-17)21(26)20-12-23(2)15-22-20/h4-7,12,15,17-18H,3,8-11,13-14H2,1-2H3/t17-,18+/m1/s1. The minimum absolute atomic E-state index is 0.0118. The fourth-order valence-corrected chi connectivity index (χ4v) is 4.11. The lowest BCUT2D eigenvalue weighted by Gasteiger charge is -2.31. The quantitative estimate of drug-likeness (QED) is 0.787. The van der Waals surface area contributed by atoms with Gasteiger partial charge in [0.25, 0.3) is 5.91 Å². The first-order chi connectivity index (χ1) is 13.6. The third kappa shape index (κ3) is 4.20. The minimum atomic E-state index is 0.0118. The Morgan fingerprint density at radius 2 is 2.18 bits per heavy atom. The molecule has 0 aliphatic carbocycles. The maximum absolute atomic E-state index is 13.0. The summed E-state index contributed by atoms with van der Waals surface area (Å²) in [5.74, 6) is 1.22. The van der Waals surface area contributed by atoms with Gasteiger partial charge in [-0.2, -0.15) is 0 Å². The second-order valence-corrected chi connectivity index (χ2v) is 7.70. The van der Waals surface area contributed by atoms with Crippen LogP contribution in [0.15, 0.2) is 36.8 Å². The van der Waals surface area contributed by atoms with Gasteiger partial charge in [-0.05, 0) is 24.6 Å². The number of carbonyl (C=O) groups excluding carboxylic acids is 1. The predicted octanol–water partition coefficient (Wildman–Crippen LogP) is 1.79. The van der Waals surface area contributed by atoms with Crippen LogP contribution in [-0.2, 0) is 18.3 Å². The summed E-state index contributed by atoms with van der Waals surface area (Å²) in [5, 5.41) is 0. The van der Waals surface area contributed by atoms with Gasteiger partial charge < -0.3 is 18.9 Å². The molecule has 0 N–H and O–H groups in total. The van der Waals surface area contributed by atoms with Crippen molar-refractivity contribution in [1.82, 2.24) is 19.4 Å². The van der Waals surface area contributed by atoms with Crippen molar-refractivity contribution >= 4 is 5.91 Å². The van der Waals surface area contributed by atoms with Gasteiger partial charge in [0.15, 0.2) is 0 Å². The van der Waals surface area contributed by atoms with E-state index in [4.69, 9.17) is 9.47 Å². The Labute approximate surface area is 165 Å². The summed E-state index contributed by atoms with van der Waals surface area (Å²) in [6.07, 6.45) is 3.46. The number of aryl methyl sites for hydroxylation is 1. The monoisotopic (exact) mass is 384 g/mol. The SMILES string of the molecule is CCOc1cccc(CN2C[C@H]3COC[C@@H]2CN(C(=O)c2cn(C)cn2)C3)c1. The number of benzene rings is 1. The van der Waals surface area contributed by atoms with E-state index >= 15 is 0 Å². The van der Waals surface area contributed by atoms with Crippen LogP contribution in [0.1, 0.15) is 23.0 Å². The van der Waals surface area contributed by atoms with Crippen LogP contribution < -0.4 is 4.74 Å². The Balaban J connectivity index is 1.50. The molecule has 2 aromatic rings. The molecule has 7 nitrogen and oxygen atoms in total. The Morgan fingerprint density at radius 3 is 2.96 bits per heavy atom. The van der Waals surface area contributed by atoms with E-state index in [0.717, 1.165) is 18.8 Å². The van der Waals surface area contributed by atoms with Crippen LogP contribution in [0.5, 0.6) is 5.75 Å². The molecule has 1 amide bonds. The Kier molecular flexibility index (Phi) is 5.64. The predicted molar refractivity (Wildman–Crippen MR) is 105 cm³/mol. The molecule has 150 valence electrons. The molecule has 28 heavy (non-hydrogen) atoms. The average molecular weight is 384 g/mol. The Bertz CT molecular complexity index is 821. The van der Waals surface area contributed by atoms with E-state index in [-0.39, 0.29) is 11.9 Å².